The lowest BCUT2D eigenvalue weighted by atomic mass is 10.0. The SMILES string of the molecule is CC(C)C(NCC(O)COCc1ccccc1F)C(N)=O. The van der Waals surface area contributed by atoms with Crippen LogP contribution in [0.5, 0.6) is 0 Å². The van der Waals surface area contributed by atoms with Crippen LogP contribution in [0.2, 0.25) is 0 Å². The largest absolute Gasteiger partial charge is 0.389 e. The molecule has 0 fully saturated rings. The number of aliphatic hydroxyl groups excluding tert-OH is 1. The molecule has 0 aliphatic carbocycles. The summed E-state index contributed by atoms with van der Waals surface area (Å²) in [6.07, 6.45) is -0.794. The van der Waals surface area contributed by atoms with Crippen molar-refractivity contribution >= 4 is 5.91 Å². The maximum Gasteiger partial charge on any atom is 0.234 e. The molecule has 0 heterocycles. The zero-order chi connectivity index (χ0) is 15.8. The van der Waals surface area contributed by atoms with Gasteiger partial charge in [0.2, 0.25) is 5.91 Å². The lowest BCUT2D eigenvalue weighted by molar-refractivity contribution is -0.121. The van der Waals surface area contributed by atoms with Gasteiger partial charge in [0, 0.05) is 12.1 Å². The summed E-state index contributed by atoms with van der Waals surface area (Å²) in [5.41, 5.74) is 5.70. The fourth-order valence-corrected chi connectivity index (χ4v) is 1.91. The molecular formula is C15H23FN2O3. The van der Waals surface area contributed by atoms with E-state index in [-0.39, 0.29) is 31.5 Å². The van der Waals surface area contributed by atoms with Gasteiger partial charge in [-0.05, 0) is 12.0 Å². The summed E-state index contributed by atoms with van der Waals surface area (Å²) in [7, 11) is 0. The first-order valence-corrected chi connectivity index (χ1v) is 6.93. The predicted octanol–water partition coefficient (Wildman–Crippen LogP) is 0.803. The highest BCUT2D eigenvalue weighted by Crippen LogP contribution is 2.07. The van der Waals surface area contributed by atoms with Gasteiger partial charge in [-0.1, -0.05) is 32.0 Å². The van der Waals surface area contributed by atoms with Crippen molar-refractivity contribution in [1.29, 1.82) is 0 Å². The van der Waals surface area contributed by atoms with Crippen LogP contribution in [0.1, 0.15) is 19.4 Å². The molecule has 1 aromatic carbocycles. The number of ether oxygens (including phenoxy) is 1. The van der Waals surface area contributed by atoms with Crippen LogP contribution in [0.4, 0.5) is 4.39 Å². The van der Waals surface area contributed by atoms with Crippen LogP contribution in [0.15, 0.2) is 24.3 Å². The fraction of sp³-hybridized carbons (Fsp3) is 0.533. The standard InChI is InChI=1S/C15H23FN2O3/c1-10(2)14(15(17)20)18-7-12(19)9-21-8-11-5-3-4-6-13(11)16/h3-6,10,12,14,18-19H,7-9H2,1-2H3,(H2,17,20). The van der Waals surface area contributed by atoms with Crippen molar-refractivity contribution in [3.63, 3.8) is 0 Å². The zero-order valence-electron chi connectivity index (χ0n) is 12.4. The minimum absolute atomic E-state index is 0.0361. The van der Waals surface area contributed by atoms with E-state index in [0.717, 1.165) is 0 Å². The molecule has 1 aromatic rings. The molecule has 1 amide bonds. The molecule has 5 nitrogen and oxygen atoms in total. The van der Waals surface area contributed by atoms with Crippen molar-refractivity contribution in [3.05, 3.63) is 35.6 Å². The van der Waals surface area contributed by atoms with Crippen LogP contribution >= 0.6 is 0 Å². The van der Waals surface area contributed by atoms with Gasteiger partial charge in [0.15, 0.2) is 0 Å². The van der Waals surface area contributed by atoms with Crippen molar-refractivity contribution in [1.82, 2.24) is 5.32 Å². The molecule has 1 rings (SSSR count). The maximum absolute atomic E-state index is 13.3. The third-order valence-corrected chi connectivity index (χ3v) is 3.07. The van der Waals surface area contributed by atoms with E-state index in [0.29, 0.717) is 5.56 Å². The maximum atomic E-state index is 13.3. The van der Waals surface area contributed by atoms with Gasteiger partial charge in [0.25, 0.3) is 0 Å². The third kappa shape index (κ3) is 6.20. The monoisotopic (exact) mass is 298 g/mol. The van der Waals surface area contributed by atoms with E-state index in [9.17, 15) is 14.3 Å². The van der Waals surface area contributed by atoms with Gasteiger partial charge >= 0.3 is 0 Å². The first kappa shape index (κ1) is 17.6. The van der Waals surface area contributed by atoms with Crippen LogP contribution < -0.4 is 11.1 Å². The summed E-state index contributed by atoms with van der Waals surface area (Å²) < 4.78 is 18.6. The van der Waals surface area contributed by atoms with Crippen molar-refractivity contribution < 1.29 is 19.0 Å². The minimum Gasteiger partial charge on any atom is -0.389 e. The Balaban J connectivity index is 2.30. The number of nitrogens with two attached hydrogens (primary N) is 1. The fourth-order valence-electron chi connectivity index (χ4n) is 1.91. The molecule has 2 atom stereocenters. The van der Waals surface area contributed by atoms with E-state index < -0.39 is 18.1 Å². The molecular weight excluding hydrogens is 275 g/mol. The molecule has 2 unspecified atom stereocenters. The van der Waals surface area contributed by atoms with Crippen LogP contribution in [-0.4, -0.2) is 36.3 Å². The number of halogens is 1. The average molecular weight is 298 g/mol. The van der Waals surface area contributed by atoms with Gasteiger partial charge in [-0.3, -0.25) is 4.79 Å². The number of amides is 1. The molecule has 0 aliphatic rings. The third-order valence-electron chi connectivity index (χ3n) is 3.07. The predicted molar refractivity (Wildman–Crippen MR) is 77.9 cm³/mol. The zero-order valence-corrected chi connectivity index (χ0v) is 12.4. The number of carbonyl (C=O) groups is 1. The van der Waals surface area contributed by atoms with E-state index in [1.54, 1.807) is 18.2 Å². The number of rotatable bonds is 9. The Hall–Kier alpha value is -1.50. The molecule has 0 radical (unpaired) electrons. The van der Waals surface area contributed by atoms with Crippen LogP contribution in [0.3, 0.4) is 0 Å². The van der Waals surface area contributed by atoms with Crippen molar-refractivity contribution in [3.8, 4) is 0 Å². The second-order valence-corrected chi connectivity index (χ2v) is 5.29. The molecule has 4 N–H and O–H groups in total. The molecule has 0 spiro atoms. The van der Waals surface area contributed by atoms with E-state index in [1.807, 2.05) is 13.8 Å². The number of aliphatic hydroxyl groups is 1. The van der Waals surface area contributed by atoms with Gasteiger partial charge in [-0.2, -0.15) is 0 Å². The molecule has 0 saturated heterocycles. The molecule has 21 heavy (non-hydrogen) atoms. The second-order valence-electron chi connectivity index (χ2n) is 5.29. The summed E-state index contributed by atoms with van der Waals surface area (Å²) in [4.78, 5) is 11.2. The van der Waals surface area contributed by atoms with Gasteiger partial charge < -0.3 is 20.9 Å². The van der Waals surface area contributed by atoms with Gasteiger partial charge in [-0.15, -0.1) is 0 Å². The summed E-state index contributed by atoms with van der Waals surface area (Å²) in [5.74, 6) is -0.753. The Kier molecular flexibility index (Phi) is 7.28. The van der Waals surface area contributed by atoms with Crippen molar-refractivity contribution in [2.24, 2.45) is 11.7 Å². The van der Waals surface area contributed by atoms with E-state index in [1.165, 1.54) is 6.07 Å². The number of benzene rings is 1. The van der Waals surface area contributed by atoms with Gasteiger partial charge in [-0.25, -0.2) is 4.39 Å². The van der Waals surface area contributed by atoms with E-state index >= 15 is 0 Å². The number of primary amides is 1. The van der Waals surface area contributed by atoms with E-state index in [4.69, 9.17) is 10.5 Å². The van der Waals surface area contributed by atoms with Crippen LogP contribution in [0, 0.1) is 11.7 Å². The van der Waals surface area contributed by atoms with Gasteiger partial charge in [0.05, 0.1) is 25.4 Å². The Morgan fingerprint density at radius 3 is 2.67 bits per heavy atom. The highest BCUT2D eigenvalue weighted by atomic mass is 19.1. The summed E-state index contributed by atoms with van der Waals surface area (Å²) in [5, 5.41) is 12.7. The quantitative estimate of drug-likeness (QED) is 0.629. The lowest BCUT2D eigenvalue weighted by Gasteiger charge is -2.21. The molecule has 0 bridgehead atoms. The Morgan fingerprint density at radius 1 is 1.43 bits per heavy atom. The Morgan fingerprint density at radius 2 is 2.10 bits per heavy atom. The molecule has 0 aliphatic heterocycles. The lowest BCUT2D eigenvalue weighted by Crippen LogP contribution is -2.48. The number of nitrogens with one attached hydrogen (secondary N) is 1. The van der Waals surface area contributed by atoms with E-state index in [2.05, 4.69) is 5.32 Å². The summed E-state index contributed by atoms with van der Waals surface area (Å²) in [6, 6.07) is 5.82. The Bertz CT molecular complexity index is 454. The minimum atomic E-state index is -0.794. The summed E-state index contributed by atoms with van der Waals surface area (Å²) >= 11 is 0. The highest BCUT2D eigenvalue weighted by Gasteiger charge is 2.19. The van der Waals surface area contributed by atoms with Crippen LogP contribution in [0.25, 0.3) is 0 Å². The van der Waals surface area contributed by atoms with Crippen molar-refractivity contribution in [2.75, 3.05) is 13.2 Å². The van der Waals surface area contributed by atoms with Crippen LogP contribution in [-0.2, 0) is 16.1 Å². The molecule has 0 saturated carbocycles. The topological polar surface area (TPSA) is 84.6 Å². The molecule has 0 aromatic heterocycles. The van der Waals surface area contributed by atoms with Gasteiger partial charge in [0.1, 0.15) is 5.82 Å². The number of hydrogen-bond acceptors (Lipinski definition) is 4. The first-order chi connectivity index (χ1) is 9.91. The average Bonchev–Trinajstić information content (AvgIpc) is 2.40. The van der Waals surface area contributed by atoms with Crippen molar-refractivity contribution in [2.45, 2.75) is 32.6 Å². The number of carbonyl (C=O) groups excluding carboxylic acids is 1. The Labute approximate surface area is 124 Å². The normalized spacial score (nSPS) is 14.1. The molecule has 118 valence electrons. The highest BCUT2D eigenvalue weighted by molar-refractivity contribution is 5.80. The first-order valence-electron chi connectivity index (χ1n) is 6.93. The summed E-state index contributed by atoms with van der Waals surface area (Å²) in [6.45, 7) is 4.05. The second kappa shape index (κ2) is 8.71. The number of hydrogen-bond donors (Lipinski definition) is 3. The smallest absolute Gasteiger partial charge is 0.234 e. The molecule has 6 heteroatoms.